The highest BCUT2D eigenvalue weighted by Crippen LogP contribution is 2.25. The highest BCUT2D eigenvalue weighted by Gasteiger charge is 2.17. The Hall–Kier alpha value is -2.90. The van der Waals surface area contributed by atoms with Crippen LogP contribution in [-0.4, -0.2) is 36.5 Å². The van der Waals surface area contributed by atoms with Crippen molar-refractivity contribution in [2.75, 3.05) is 19.7 Å². The van der Waals surface area contributed by atoms with Crippen LogP contribution in [0.15, 0.2) is 30.3 Å². The number of nitrogens with zero attached hydrogens (tertiary/aromatic N) is 3. The molecule has 1 aromatic carbocycles. The average molecular weight is 341 g/mol. The van der Waals surface area contributed by atoms with Gasteiger partial charge in [-0.05, 0) is 17.5 Å². The maximum atomic E-state index is 12.1. The van der Waals surface area contributed by atoms with Crippen molar-refractivity contribution >= 4 is 33.3 Å². The Morgan fingerprint density at radius 1 is 1.12 bits per heavy atom. The van der Waals surface area contributed by atoms with Crippen molar-refractivity contribution in [3.8, 4) is 12.1 Å². The first-order chi connectivity index (χ1) is 11.7. The normalized spacial score (nSPS) is 9.92. The molecule has 6 nitrogen and oxygen atoms in total. The van der Waals surface area contributed by atoms with Gasteiger partial charge in [0, 0.05) is 17.8 Å². The molecule has 0 bridgehead atoms. The fourth-order valence-corrected chi connectivity index (χ4v) is 3.06. The Kier molecular flexibility index (Phi) is 6.30. The number of fused-ring (bicyclic) bond motifs is 1. The first-order valence-electron chi connectivity index (χ1n) is 7.33. The van der Waals surface area contributed by atoms with Gasteiger partial charge in [0.1, 0.15) is 4.88 Å². The van der Waals surface area contributed by atoms with Crippen LogP contribution in [0.2, 0.25) is 0 Å². The molecule has 0 unspecified atom stereocenters. The lowest BCUT2D eigenvalue weighted by Crippen LogP contribution is -2.36. The summed E-state index contributed by atoms with van der Waals surface area (Å²) in [6.45, 7) is 0.0405. The summed E-state index contributed by atoms with van der Waals surface area (Å²) in [4.78, 5) is 26.0. The number of hydrogen-bond donors (Lipinski definition) is 0. The van der Waals surface area contributed by atoms with E-state index in [0.717, 1.165) is 10.1 Å². The summed E-state index contributed by atoms with van der Waals surface area (Å²) < 4.78 is 6.05. The fraction of sp³-hybridized carbons (Fsp3) is 0.294. The molecule has 1 heterocycles. The number of rotatable bonds is 7. The maximum Gasteiger partial charge on any atom is 0.348 e. The fourth-order valence-electron chi connectivity index (χ4n) is 2.10. The molecule has 1 amide bonds. The van der Waals surface area contributed by atoms with Gasteiger partial charge in [0.2, 0.25) is 0 Å². The molecule has 0 radical (unpaired) electrons. The van der Waals surface area contributed by atoms with Gasteiger partial charge in [0.05, 0.1) is 25.0 Å². The lowest BCUT2D eigenvalue weighted by molar-refractivity contribution is -0.134. The predicted molar refractivity (Wildman–Crippen MR) is 89.1 cm³/mol. The van der Waals surface area contributed by atoms with Crippen molar-refractivity contribution in [2.24, 2.45) is 0 Å². The Balaban J connectivity index is 1.94. The standard InChI is InChI=1S/C17H15N3O3S/c18-7-3-9-20(10-4-8-19)16(21)12-23-17(22)15-11-13-5-1-2-6-14(13)24-15/h1-2,5-6,11H,3-4,9-10,12H2. The molecule has 0 N–H and O–H groups in total. The van der Waals surface area contributed by atoms with Crippen molar-refractivity contribution < 1.29 is 14.3 Å². The Bertz CT molecular complexity index is 765. The van der Waals surface area contributed by atoms with E-state index >= 15 is 0 Å². The van der Waals surface area contributed by atoms with E-state index < -0.39 is 18.5 Å². The number of amides is 1. The SMILES string of the molecule is N#CCCN(CCC#N)C(=O)COC(=O)c1cc2ccccc2s1. The van der Waals surface area contributed by atoms with E-state index in [9.17, 15) is 9.59 Å². The van der Waals surface area contributed by atoms with E-state index in [1.165, 1.54) is 16.2 Å². The largest absolute Gasteiger partial charge is 0.451 e. The lowest BCUT2D eigenvalue weighted by atomic mass is 10.2. The number of ether oxygens (including phenoxy) is 1. The molecule has 2 rings (SSSR count). The molecular weight excluding hydrogens is 326 g/mol. The van der Waals surface area contributed by atoms with Gasteiger partial charge >= 0.3 is 5.97 Å². The van der Waals surface area contributed by atoms with Crippen LogP contribution in [0, 0.1) is 22.7 Å². The van der Waals surface area contributed by atoms with Gasteiger partial charge in [-0.1, -0.05) is 18.2 Å². The molecule has 0 spiro atoms. The van der Waals surface area contributed by atoms with Gasteiger partial charge in [-0.15, -0.1) is 11.3 Å². The molecule has 0 aliphatic heterocycles. The number of carbonyl (C=O) groups is 2. The molecular formula is C17H15N3O3S. The summed E-state index contributed by atoms with van der Waals surface area (Å²) in [5, 5.41) is 18.2. The minimum absolute atomic E-state index is 0.168. The second-order valence-corrected chi connectivity index (χ2v) is 6.01. The van der Waals surface area contributed by atoms with Gasteiger partial charge in [0.15, 0.2) is 6.61 Å². The van der Waals surface area contributed by atoms with Gasteiger partial charge in [-0.2, -0.15) is 10.5 Å². The predicted octanol–water partition coefficient (Wildman–Crippen LogP) is 2.71. The average Bonchev–Trinajstić information content (AvgIpc) is 3.03. The second kappa shape index (κ2) is 8.66. The Morgan fingerprint density at radius 2 is 1.79 bits per heavy atom. The molecule has 0 saturated carbocycles. The summed E-state index contributed by atoms with van der Waals surface area (Å²) in [5.41, 5.74) is 0. The molecule has 0 aliphatic rings. The van der Waals surface area contributed by atoms with Crippen molar-refractivity contribution in [3.05, 3.63) is 35.2 Å². The quantitative estimate of drug-likeness (QED) is 0.722. The molecule has 122 valence electrons. The van der Waals surface area contributed by atoms with Crippen LogP contribution in [0.5, 0.6) is 0 Å². The van der Waals surface area contributed by atoms with Crippen LogP contribution in [0.25, 0.3) is 10.1 Å². The summed E-state index contributed by atoms with van der Waals surface area (Å²) in [6, 6.07) is 13.2. The first kappa shape index (κ1) is 17.5. The van der Waals surface area contributed by atoms with E-state index in [-0.39, 0.29) is 25.9 Å². The van der Waals surface area contributed by atoms with Gasteiger partial charge in [-0.25, -0.2) is 4.79 Å². The lowest BCUT2D eigenvalue weighted by Gasteiger charge is -2.19. The molecule has 2 aromatic rings. The summed E-state index contributed by atoms with van der Waals surface area (Å²) >= 11 is 1.31. The van der Waals surface area contributed by atoms with Crippen molar-refractivity contribution in [1.82, 2.24) is 4.90 Å². The third kappa shape index (κ3) is 4.55. The third-order valence-electron chi connectivity index (χ3n) is 3.29. The minimum Gasteiger partial charge on any atom is -0.451 e. The molecule has 0 atom stereocenters. The van der Waals surface area contributed by atoms with Gasteiger partial charge in [-0.3, -0.25) is 4.79 Å². The van der Waals surface area contributed by atoms with E-state index in [1.807, 2.05) is 36.4 Å². The van der Waals surface area contributed by atoms with E-state index in [0.29, 0.717) is 4.88 Å². The van der Waals surface area contributed by atoms with Crippen molar-refractivity contribution in [3.63, 3.8) is 0 Å². The Morgan fingerprint density at radius 3 is 2.42 bits per heavy atom. The monoisotopic (exact) mass is 341 g/mol. The zero-order valence-corrected chi connectivity index (χ0v) is 13.7. The number of carbonyl (C=O) groups excluding carboxylic acids is 2. The number of benzene rings is 1. The maximum absolute atomic E-state index is 12.1. The highest BCUT2D eigenvalue weighted by molar-refractivity contribution is 7.20. The number of thiophene rings is 1. The van der Waals surface area contributed by atoms with Crippen molar-refractivity contribution in [1.29, 1.82) is 10.5 Å². The van der Waals surface area contributed by atoms with Crippen LogP contribution >= 0.6 is 11.3 Å². The third-order valence-corrected chi connectivity index (χ3v) is 4.39. The summed E-state index contributed by atoms with van der Waals surface area (Å²) in [6.07, 6.45) is 0.336. The molecule has 0 fully saturated rings. The van der Waals surface area contributed by atoms with Crippen LogP contribution in [0.4, 0.5) is 0 Å². The van der Waals surface area contributed by atoms with Crippen molar-refractivity contribution in [2.45, 2.75) is 12.8 Å². The van der Waals surface area contributed by atoms with Gasteiger partial charge < -0.3 is 9.64 Å². The number of hydrogen-bond acceptors (Lipinski definition) is 6. The van der Waals surface area contributed by atoms with Crippen LogP contribution in [-0.2, 0) is 9.53 Å². The molecule has 0 saturated heterocycles. The van der Waals surface area contributed by atoms with E-state index in [1.54, 1.807) is 6.07 Å². The zero-order chi connectivity index (χ0) is 17.4. The molecule has 1 aromatic heterocycles. The van der Waals surface area contributed by atoms with E-state index in [4.69, 9.17) is 15.3 Å². The van der Waals surface area contributed by atoms with Crippen LogP contribution in [0.3, 0.4) is 0 Å². The molecule has 24 heavy (non-hydrogen) atoms. The molecule has 0 aliphatic carbocycles. The summed E-state index contributed by atoms with van der Waals surface area (Å²) in [5.74, 6) is -0.958. The van der Waals surface area contributed by atoms with Crippen LogP contribution in [0.1, 0.15) is 22.5 Å². The second-order valence-electron chi connectivity index (χ2n) is 4.92. The van der Waals surface area contributed by atoms with Gasteiger partial charge in [0.25, 0.3) is 5.91 Å². The number of nitriles is 2. The van der Waals surface area contributed by atoms with Crippen LogP contribution < -0.4 is 0 Å². The first-order valence-corrected chi connectivity index (χ1v) is 8.14. The topological polar surface area (TPSA) is 94.2 Å². The highest BCUT2D eigenvalue weighted by atomic mass is 32.1. The number of esters is 1. The smallest absolute Gasteiger partial charge is 0.348 e. The summed E-state index contributed by atoms with van der Waals surface area (Å²) in [7, 11) is 0. The molecule has 7 heteroatoms. The van der Waals surface area contributed by atoms with E-state index in [2.05, 4.69) is 0 Å². The zero-order valence-electron chi connectivity index (χ0n) is 12.9. The Labute approximate surface area is 143 Å². The minimum atomic E-state index is -0.551.